The number of carbonyl (C=O) groups is 2. The van der Waals surface area contributed by atoms with Gasteiger partial charge in [-0.15, -0.1) is 0 Å². The van der Waals surface area contributed by atoms with Crippen molar-refractivity contribution in [1.29, 1.82) is 0 Å². The summed E-state index contributed by atoms with van der Waals surface area (Å²) >= 11 is 0. The van der Waals surface area contributed by atoms with Gasteiger partial charge in [0.05, 0.1) is 0 Å². The van der Waals surface area contributed by atoms with E-state index >= 15 is 0 Å². The fraction of sp³-hybridized carbons (Fsp3) is 0.950. The first-order chi connectivity index (χ1) is 22.3. The van der Waals surface area contributed by atoms with Gasteiger partial charge in [-0.25, -0.2) is 9.59 Å². The molecule has 0 aromatic rings. The minimum absolute atomic E-state index is 0.250. The van der Waals surface area contributed by atoms with Crippen LogP contribution < -0.4 is 0 Å². The normalized spacial score (nSPS) is 13.1. The van der Waals surface area contributed by atoms with E-state index in [4.69, 9.17) is 9.47 Å². The highest BCUT2D eigenvalue weighted by molar-refractivity contribution is 5.83. The van der Waals surface area contributed by atoms with Crippen LogP contribution in [-0.2, 0) is 19.1 Å². The van der Waals surface area contributed by atoms with Gasteiger partial charge in [0.1, 0.15) is 0 Å². The van der Waals surface area contributed by atoms with Crippen molar-refractivity contribution in [1.82, 2.24) is 0 Å². The zero-order chi connectivity index (χ0) is 34.1. The molecule has 2 unspecified atom stereocenters. The molecule has 0 amide bonds. The lowest BCUT2D eigenvalue weighted by atomic mass is 10.0. The Morgan fingerprint density at radius 1 is 0.370 bits per heavy atom. The molecule has 0 saturated heterocycles. The van der Waals surface area contributed by atoms with Gasteiger partial charge in [-0.1, -0.05) is 195 Å². The summed E-state index contributed by atoms with van der Waals surface area (Å²) in [5, 5.41) is 19.2. The molecule has 2 atom stereocenters. The second-order valence-corrected chi connectivity index (χ2v) is 14.8. The molecule has 0 rings (SSSR count). The maximum Gasteiger partial charge on any atom is 0.336 e. The van der Waals surface area contributed by atoms with Crippen molar-refractivity contribution in [2.24, 2.45) is 11.8 Å². The molecule has 46 heavy (non-hydrogen) atoms. The molecule has 0 aromatic carbocycles. The van der Waals surface area contributed by atoms with E-state index in [1.165, 1.54) is 141 Å². The van der Waals surface area contributed by atoms with Gasteiger partial charge in [0.25, 0.3) is 0 Å². The van der Waals surface area contributed by atoms with Crippen molar-refractivity contribution in [3.8, 4) is 0 Å². The Bertz CT molecular complexity index is 608. The summed E-state index contributed by atoms with van der Waals surface area (Å²) in [4.78, 5) is 23.5. The van der Waals surface area contributed by atoms with Crippen LogP contribution in [0, 0.1) is 11.8 Å². The number of carboxylic acid groups (broad SMARTS) is 2. The quantitative estimate of drug-likeness (QED) is 0.0647. The van der Waals surface area contributed by atoms with Gasteiger partial charge in [-0.2, -0.15) is 0 Å². The molecule has 0 aliphatic rings. The highest BCUT2D eigenvalue weighted by atomic mass is 16.6. The van der Waals surface area contributed by atoms with Gasteiger partial charge in [0.15, 0.2) is 12.2 Å². The predicted molar refractivity (Wildman–Crippen MR) is 194 cm³/mol. The molecule has 0 saturated carbocycles. The van der Waals surface area contributed by atoms with Gasteiger partial charge in [-0.05, 0) is 24.7 Å². The van der Waals surface area contributed by atoms with Crippen molar-refractivity contribution in [2.45, 2.75) is 220 Å². The summed E-state index contributed by atoms with van der Waals surface area (Å²) in [5.41, 5.74) is 0. The zero-order valence-corrected chi connectivity index (χ0v) is 31.1. The third kappa shape index (κ3) is 31.5. The molecule has 0 heterocycles. The summed E-state index contributed by atoms with van der Waals surface area (Å²) in [6.07, 6.45) is 32.0. The van der Waals surface area contributed by atoms with Gasteiger partial charge >= 0.3 is 11.9 Å². The first-order valence-corrected chi connectivity index (χ1v) is 19.9. The summed E-state index contributed by atoms with van der Waals surface area (Å²) < 4.78 is 11.0. The van der Waals surface area contributed by atoms with E-state index in [2.05, 4.69) is 27.7 Å². The first kappa shape index (κ1) is 44.9. The second-order valence-electron chi connectivity index (χ2n) is 14.8. The Balaban J connectivity index is 3.74. The largest absolute Gasteiger partial charge is 0.479 e. The Kier molecular flexibility index (Phi) is 32.9. The molecular formula is C40H78O6. The van der Waals surface area contributed by atoms with E-state index in [1.54, 1.807) is 0 Å². The molecule has 6 heteroatoms. The lowest BCUT2D eigenvalue weighted by molar-refractivity contribution is -0.176. The number of hydrogen-bond acceptors (Lipinski definition) is 4. The molecule has 0 aromatic heterocycles. The van der Waals surface area contributed by atoms with Crippen molar-refractivity contribution in [3.05, 3.63) is 0 Å². The van der Waals surface area contributed by atoms with E-state index in [0.29, 0.717) is 0 Å². The molecule has 0 radical (unpaired) electrons. The van der Waals surface area contributed by atoms with E-state index < -0.39 is 24.1 Å². The van der Waals surface area contributed by atoms with Crippen LogP contribution in [0.15, 0.2) is 0 Å². The van der Waals surface area contributed by atoms with Gasteiger partial charge in [0, 0.05) is 13.2 Å². The fourth-order valence-electron chi connectivity index (χ4n) is 6.20. The van der Waals surface area contributed by atoms with Crippen LogP contribution in [0.1, 0.15) is 207 Å². The molecule has 2 N–H and O–H groups in total. The van der Waals surface area contributed by atoms with Crippen LogP contribution in [0.3, 0.4) is 0 Å². The molecule has 0 aliphatic carbocycles. The summed E-state index contributed by atoms with van der Waals surface area (Å²) in [5.74, 6) is -0.870. The summed E-state index contributed by atoms with van der Waals surface area (Å²) in [6.45, 7) is 9.71. The van der Waals surface area contributed by atoms with Crippen molar-refractivity contribution < 1.29 is 29.3 Å². The average molecular weight is 655 g/mol. The maximum atomic E-state index is 11.8. The van der Waals surface area contributed by atoms with Gasteiger partial charge < -0.3 is 19.7 Å². The molecule has 6 nitrogen and oxygen atoms in total. The van der Waals surface area contributed by atoms with Crippen LogP contribution in [0.5, 0.6) is 0 Å². The standard InChI is InChI=1S/C40H78O6/c1-35(2)31-27-23-19-15-11-7-5-9-13-17-21-25-29-33-45-37(39(41)42)38(40(43)44)46-34-30-26-22-18-14-10-6-8-12-16-20-24-28-32-36(3)4/h35-38H,5-34H2,1-4H3,(H,41,42)(H,43,44). The van der Waals surface area contributed by atoms with Crippen molar-refractivity contribution in [3.63, 3.8) is 0 Å². The SMILES string of the molecule is CC(C)CCCCCCCCCCCCCCCOC(C(=O)O)C(OCCCCCCCCCCCCCCCC(C)C)C(=O)O. The highest BCUT2D eigenvalue weighted by Crippen LogP contribution is 2.17. The van der Waals surface area contributed by atoms with Crippen molar-refractivity contribution >= 4 is 11.9 Å². The summed E-state index contributed by atoms with van der Waals surface area (Å²) in [6, 6.07) is 0. The van der Waals surface area contributed by atoms with Crippen LogP contribution >= 0.6 is 0 Å². The minimum Gasteiger partial charge on any atom is -0.479 e. The molecule has 0 fully saturated rings. The maximum absolute atomic E-state index is 11.8. The number of rotatable bonds is 37. The highest BCUT2D eigenvalue weighted by Gasteiger charge is 2.35. The Morgan fingerprint density at radius 3 is 0.761 bits per heavy atom. The van der Waals surface area contributed by atoms with E-state index in [1.807, 2.05) is 0 Å². The zero-order valence-electron chi connectivity index (χ0n) is 31.1. The van der Waals surface area contributed by atoms with Crippen molar-refractivity contribution in [2.75, 3.05) is 13.2 Å². The molecular weight excluding hydrogens is 576 g/mol. The molecule has 0 bridgehead atoms. The van der Waals surface area contributed by atoms with Gasteiger partial charge in [0.2, 0.25) is 0 Å². The van der Waals surface area contributed by atoms with Crippen LogP contribution in [0.2, 0.25) is 0 Å². The lowest BCUT2D eigenvalue weighted by Gasteiger charge is -2.21. The first-order valence-electron chi connectivity index (χ1n) is 19.9. The predicted octanol–water partition coefficient (Wildman–Crippen LogP) is 12.2. The van der Waals surface area contributed by atoms with Crippen LogP contribution in [-0.4, -0.2) is 47.6 Å². The number of aliphatic carboxylic acids is 2. The third-order valence-electron chi connectivity index (χ3n) is 9.21. The molecule has 0 aliphatic heterocycles. The number of hydrogen-bond donors (Lipinski definition) is 2. The third-order valence-corrected chi connectivity index (χ3v) is 9.21. The molecule has 274 valence electrons. The number of carboxylic acids is 2. The monoisotopic (exact) mass is 655 g/mol. The summed E-state index contributed by atoms with van der Waals surface area (Å²) in [7, 11) is 0. The topological polar surface area (TPSA) is 93.1 Å². The minimum atomic E-state index is -1.47. The Hall–Kier alpha value is -1.14. The number of unbranched alkanes of at least 4 members (excludes halogenated alkanes) is 24. The van der Waals surface area contributed by atoms with Crippen LogP contribution in [0.25, 0.3) is 0 Å². The second kappa shape index (κ2) is 33.7. The van der Waals surface area contributed by atoms with Crippen LogP contribution in [0.4, 0.5) is 0 Å². The Morgan fingerprint density at radius 2 is 0.565 bits per heavy atom. The average Bonchev–Trinajstić information content (AvgIpc) is 3.00. The van der Waals surface area contributed by atoms with E-state index in [0.717, 1.165) is 50.4 Å². The van der Waals surface area contributed by atoms with E-state index in [-0.39, 0.29) is 13.2 Å². The van der Waals surface area contributed by atoms with Gasteiger partial charge in [-0.3, -0.25) is 0 Å². The molecule has 0 spiro atoms. The lowest BCUT2D eigenvalue weighted by Crippen LogP contribution is -2.44. The van der Waals surface area contributed by atoms with E-state index in [9.17, 15) is 19.8 Å². The number of ether oxygens (including phenoxy) is 2. The Labute approximate surface area is 285 Å². The fourth-order valence-corrected chi connectivity index (χ4v) is 6.20. The smallest absolute Gasteiger partial charge is 0.336 e.